The molecule has 100 valence electrons. The second kappa shape index (κ2) is 5.61. The summed E-state index contributed by atoms with van der Waals surface area (Å²) in [7, 11) is 0. The van der Waals surface area contributed by atoms with Crippen molar-refractivity contribution in [3.05, 3.63) is 0 Å². The van der Waals surface area contributed by atoms with Crippen LogP contribution in [0.3, 0.4) is 0 Å². The first-order chi connectivity index (χ1) is 8.86. The minimum Gasteiger partial charge on any atom is -0.299 e. The highest BCUT2D eigenvalue weighted by Gasteiger charge is 2.35. The minimum absolute atomic E-state index is 0.310. The highest BCUT2D eigenvalue weighted by Crippen LogP contribution is 2.37. The zero-order valence-corrected chi connectivity index (χ0v) is 11.5. The summed E-state index contributed by atoms with van der Waals surface area (Å²) in [6.07, 6.45) is 12.1. The fraction of sp³-hybridized carbons (Fsp3) is 0.938. The number of nitriles is 1. The van der Waals surface area contributed by atoms with Gasteiger partial charge in [-0.3, -0.25) is 4.90 Å². The predicted molar refractivity (Wildman–Crippen MR) is 73.0 cm³/mol. The van der Waals surface area contributed by atoms with Crippen molar-refractivity contribution in [2.24, 2.45) is 17.8 Å². The molecule has 18 heavy (non-hydrogen) atoms. The van der Waals surface area contributed by atoms with E-state index in [2.05, 4.69) is 11.0 Å². The van der Waals surface area contributed by atoms with Gasteiger partial charge in [-0.25, -0.2) is 0 Å². The van der Waals surface area contributed by atoms with E-state index in [4.69, 9.17) is 0 Å². The van der Waals surface area contributed by atoms with Crippen molar-refractivity contribution in [2.45, 2.75) is 63.8 Å². The maximum absolute atomic E-state index is 9.46. The van der Waals surface area contributed by atoms with E-state index in [0.717, 1.165) is 18.3 Å². The van der Waals surface area contributed by atoms with Crippen LogP contribution in [0.2, 0.25) is 0 Å². The first kappa shape index (κ1) is 12.5. The van der Waals surface area contributed by atoms with Crippen LogP contribution in [0.15, 0.2) is 0 Å². The Morgan fingerprint density at radius 3 is 2.00 bits per heavy atom. The van der Waals surface area contributed by atoms with Crippen molar-refractivity contribution in [2.75, 3.05) is 13.1 Å². The molecule has 0 heterocycles. The average molecular weight is 246 g/mol. The molecule has 0 saturated heterocycles. The van der Waals surface area contributed by atoms with Crippen LogP contribution in [0, 0.1) is 29.1 Å². The van der Waals surface area contributed by atoms with E-state index < -0.39 is 0 Å². The van der Waals surface area contributed by atoms with Crippen LogP contribution in [0.5, 0.6) is 0 Å². The molecular weight excluding hydrogens is 220 g/mol. The summed E-state index contributed by atoms with van der Waals surface area (Å²) >= 11 is 0. The van der Waals surface area contributed by atoms with Crippen LogP contribution in [0.1, 0.15) is 57.8 Å². The smallest absolute Gasteiger partial charge is 0.0672 e. The third-order valence-corrected chi connectivity index (χ3v) is 4.99. The number of rotatable bonds is 5. The maximum Gasteiger partial charge on any atom is 0.0672 e. The number of hydrogen-bond acceptors (Lipinski definition) is 2. The van der Waals surface area contributed by atoms with Crippen LogP contribution >= 0.6 is 0 Å². The fourth-order valence-corrected chi connectivity index (χ4v) is 3.49. The molecule has 2 heteroatoms. The molecular formula is C16H26N2. The Bertz CT molecular complexity index is 298. The lowest BCUT2D eigenvalue weighted by Gasteiger charge is -2.34. The third-order valence-electron chi connectivity index (χ3n) is 4.99. The Morgan fingerprint density at radius 2 is 1.44 bits per heavy atom. The molecule has 3 saturated carbocycles. The Balaban J connectivity index is 1.65. The van der Waals surface area contributed by atoms with Gasteiger partial charge in [0.2, 0.25) is 0 Å². The average Bonchev–Trinajstić information content (AvgIpc) is 3.24. The highest BCUT2D eigenvalue weighted by atomic mass is 15.2. The third kappa shape index (κ3) is 3.26. The molecule has 3 aliphatic carbocycles. The quantitative estimate of drug-likeness (QED) is 0.693. The summed E-state index contributed by atoms with van der Waals surface area (Å²) in [5.41, 5.74) is 0. The van der Waals surface area contributed by atoms with Crippen molar-refractivity contribution in [1.82, 2.24) is 4.90 Å². The van der Waals surface area contributed by atoms with E-state index in [0.29, 0.717) is 12.0 Å². The number of nitrogens with zero attached hydrogens (tertiary/aromatic N) is 2. The van der Waals surface area contributed by atoms with Crippen molar-refractivity contribution < 1.29 is 0 Å². The van der Waals surface area contributed by atoms with Gasteiger partial charge in [-0.2, -0.15) is 5.26 Å². The first-order valence-corrected chi connectivity index (χ1v) is 8.00. The minimum atomic E-state index is 0.310. The summed E-state index contributed by atoms with van der Waals surface area (Å²) in [6.45, 7) is 2.58. The topological polar surface area (TPSA) is 27.0 Å². The van der Waals surface area contributed by atoms with Crippen LogP contribution in [-0.2, 0) is 0 Å². The molecule has 0 aliphatic heterocycles. The summed E-state index contributed by atoms with van der Waals surface area (Å²) < 4.78 is 0. The van der Waals surface area contributed by atoms with Gasteiger partial charge in [-0.1, -0.05) is 19.3 Å². The highest BCUT2D eigenvalue weighted by molar-refractivity contribution is 4.97. The molecule has 0 aromatic carbocycles. The summed E-state index contributed by atoms with van der Waals surface area (Å²) in [6, 6.07) is 3.20. The van der Waals surface area contributed by atoms with E-state index >= 15 is 0 Å². The molecule has 3 rings (SSSR count). The standard InChI is InChI=1S/C16H26N2/c17-10-15-4-2-1-3-5-16(15)18(11-13-6-7-13)12-14-8-9-14/h13-16H,1-9,11-12H2. The monoisotopic (exact) mass is 246 g/mol. The van der Waals surface area contributed by atoms with Gasteiger partial charge in [-0.05, 0) is 50.4 Å². The normalized spacial score (nSPS) is 33.1. The van der Waals surface area contributed by atoms with Crippen molar-refractivity contribution in [3.8, 4) is 6.07 Å². The van der Waals surface area contributed by atoms with Crippen molar-refractivity contribution >= 4 is 0 Å². The zero-order valence-electron chi connectivity index (χ0n) is 11.5. The molecule has 0 aromatic heterocycles. The van der Waals surface area contributed by atoms with Crippen LogP contribution in [0.25, 0.3) is 0 Å². The molecule has 2 nitrogen and oxygen atoms in total. The van der Waals surface area contributed by atoms with Crippen LogP contribution in [-0.4, -0.2) is 24.0 Å². The van der Waals surface area contributed by atoms with Crippen molar-refractivity contribution in [1.29, 1.82) is 5.26 Å². The summed E-state index contributed by atoms with van der Waals surface area (Å²) in [5.74, 6) is 2.24. The Hall–Kier alpha value is -0.550. The predicted octanol–water partition coefficient (Wildman–Crippen LogP) is 3.58. The van der Waals surface area contributed by atoms with E-state index in [-0.39, 0.29) is 0 Å². The summed E-state index contributed by atoms with van der Waals surface area (Å²) in [5, 5.41) is 9.46. The molecule has 3 fully saturated rings. The molecule has 0 N–H and O–H groups in total. The van der Waals surface area contributed by atoms with Gasteiger partial charge in [-0.15, -0.1) is 0 Å². The van der Waals surface area contributed by atoms with Gasteiger partial charge in [0, 0.05) is 19.1 Å². The van der Waals surface area contributed by atoms with Gasteiger partial charge in [0.1, 0.15) is 0 Å². The van der Waals surface area contributed by atoms with Gasteiger partial charge in [0.15, 0.2) is 0 Å². The maximum atomic E-state index is 9.46. The lowest BCUT2D eigenvalue weighted by Crippen LogP contribution is -2.42. The van der Waals surface area contributed by atoms with E-state index in [1.807, 2.05) is 0 Å². The largest absolute Gasteiger partial charge is 0.299 e. The molecule has 0 spiro atoms. The molecule has 0 radical (unpaired) electrons. The second-order valence-corrected chi connectivity index (χ2v) is 6.78. The van der Waals surface area contributed by atoms with Gasteiger partial charge >= 0.3 is 0 Å². The Labute approximate surface area is 111 Å². The van der Waals surface area contributed by atoms with Gasteiger partial charge < -0.3 is 0 Å². The van der Waals surface area contributed by atoms with E-state index in [1.165, 1.54) is 64.5 Å². The number of hydrogen-bond donors (Lipinski definition) is 0. The Morgan fingerprint density at radius 1 is 0.833 bits per heavy atom. The molecule has 2 atom stereocenters. The molecule has 3 aliphatic rings. The molecule has 2 unspecified atom stereocenters. The van der Waals surface area contributed by atoms with Crippen LogP contribution in [0.4, 0.5) is 0 Å². The molecule has 0 aromatic rings. The van der Waals surface area contributed by atoms with E-state index in [9.17, 15) is 5.26 Å². The van der Waals surface area contributed by atoms with Crippen molar-refractivity contribution in [3.63, 3.8) is 0 Å². The van der Waals surface area contributed by atoms with E-state index in [1.54, 1.807) is 0 Å². The van der Waals surface area contributed by atoms with Gasteiger partial charge in [0.25, 0.3) is 0 Å². The lowest BCUT2D eigenvalue weighted by molar-refractivity contribution is 0.140. The second-order valence-electron chi connectivity index (χ2n) is 6.78. The Kier molecular flexibility index (Phi) is 3.89. The zero-order chi connectivity index (χ0) is 12.4. The molecule has 0 amide bonds. The first-order valence-electron chi connectivity index (χ1n) is 8.00. The van der Waals surface area contributed by atoms with Gasteiger partial charge in [0.05, 0.1) is 12.0 Å². The summed E-state index contributed by atoms with van der Waals surface area (Å²) in [4.78, 5) is 2.73. The van der Waals surface area contributed by atoms with Crippen LogP contribution < -0.4 is 0 Å². The molecule has 0 bridgehead atoms. The SMILES string of the molecule is N#CC1CCCCCC1N(CC1CC1)CC1CC1. The fourth-order valence-electron chi connectivity index (χ4n) is 3.49. The lowest BCUT2D eigenvalue weighted by atomic mass is 9.94.